The molecule has 2 aromatic rings. The number of piperazine rings is 1. The van der Waals surface area contributed by atoms with Gasteiger partial charge in [-0.05, 0) is 17.7 Å². The van der Waals surface area contributed by atoms with Crippen molar-refractivity contribution >= 4 is 11.7 Å². The lowest BCUT2D eigenvalue weighted by Gasteiger charge is -2.35. The number of nitrogens with zero attached hydrogens (tertiary/aromatic N) is 4. The van der Waals surface area contributed by atoms with E-state index in [4.69, 9.17) is 14.2 Å². The molecule has 0 atom stereocenters. The quantitative estimate of drug-likeness (QED) is 0.822. The normalized spacial score (nSPS) is 16.3. The fraction of sp³-hybridized carbons (Fsp3) is 0.353. The van der Waals surface area contributed by atoms with Crippen LogP contribution < -0.4 is 19.1 Å². The van der Waals surface area contributed by atoms with Crippen LogP contribution in [-0.2, 0) is 11.3 Å². The standard InChI is InChI=1S/C17H18N4O4/c1-23-16-7-15(18-10-19-16)20-4-5-21(17(22)9-20)8-12-2-3-13-14(6-12)25-11-24-13/h2-3,6-7,10H,4-5,8-9,11H2,1H3. The van der Waals surface area contributed by atoms with Crippen molar-refractivity contribution in [3.05, 3.63) is 36.2 Å². The Labute approximate surface area is 144 Å². The smallest absolute Gasteiger partial charge is 0.242 e. The number of ether oxygens (including phenoxy) is 3. The molecule has 1 fully saturated rings. The number of amides is 1. The Balaban J connectivity index is 1.42. The number of fused-ring (bicyclic) bond motifs is 1. The van der Waals surface area contributed by atoms with Crippen LogP contribution in [0.3, 0.4) is 0 Å². The minimum Gasteiger partial charge on any atom is -0.481 e. The topological polar surface area (TPSA) is 77.0 Å². The number of carbonyl (C=O) groups excluding carboxylic acids is 1. The number of anilines is 1. The lowest BCUT2D eigenvalue weighted by Crippen LogP contribution is -2.50. The van der Waals surface area contributed by atoms with Crippen molar-refractivity contribution in [2.24, 2.45) is 0 Å². The first-order chi connectivity index (χ1) is 12.2. The van der Waals surface area contributed by atoms with Crippen LogP contribution in [0.1, 0.15) is 5.56 Å². The van der Waals surface area contributed by atoms with Crippen LogP contribution in [0, 0.1) is 0 Å². The average molecular weight is 342 g/mol. The first kappa shape index (κ1) is 15.5. The third kappa shape index (κ3) is 3.15. The first-order valence-corrected chi connectivity index (χ1v) is 8.00. The van der Waals surface area contributed by atoms with E-state index in [9.17, 15) is 4.79 Å². The van der Waals surface area contributed by atoms with Crippen molar-refractivity contribution in [3.63, 3.8) is 0 Å². The fourth-order valence-corrected chi connectivity index (χ4v) is 2.95. The highest BCUT2D eigenvalue weighted by molar-refractivity contribution is 5.82. The number of aromatic nitrogens is 2. The predicted octanol–water partition coefficient (Wildman–Crippen LogP) is 1.06. The second-order valence-corrected chi connectivity index (χ2v) is 5.84. The molecule has 0 spiro atoms. The zero-order valence-corrected chi connectivity index (χ0v) is 13.8. The van der Waals surface area contributed by atoms with Crippen molar-refractivity contribution in [2.75, 3.05) is 38.4 Å². The molecule has 8 heteroatoms. The molecule has 0 N–H and O–H groups in total. The summed E-state index contributed by atoms with van der Waals surface area (Å²) < 4.78 is 15.8. The molecule has 3 heterocycles. The summed E-state index contributed by atoms with van der Waals surface area (Å²) in [6.07, 6.45) is 1.44. The van der Waals surface area contributed by atoms with E-state index in [1.54, 1.807) is 13.2 Å². The van der Waals surface area contributed by atoms with Gasteiger partial charge < -0.3 is 24.0 Å². The molecule has 1 saturated heterocycles. The lowest BCUT2D eigenvalue weighted by atomic mass is 10.1. The molecular formula is C17H18N4O4. The Morgan fingerprint density at radius 2 is 2.04 bits per heavy atom. The van der Waals surface area contributed by atoms with Gasteiger partial charge in [0.25, 0.3) is 0 Å². The molecular weight excluding hydrogens is 324 g/mol. The summed E-state index contributed by atoms with van der Waals surface area (Å²) in [5, 5.41) is 0. The minimum absolute atomic E-state index is 0.0569. The van der Waals surface area contributed by atoms with Gasteiger partial charge in [-0.2, -0.15) is 0 Å². The van der Waals surface area contributed by atoms with E-state index in [1.165, 1.54) is 6.33 Å². The van der Waals surface area contributed by atoms with Crippen molar-refractivity contribution < 1.29 is 19.0 Å². The largest absolute Gasteiger partial charge is 0.481 e. The molecule has 8 nitrogen and oxygen atoms in total. The second-order valence-electron chi connectivity index (χ2n) is 5.84. The highest BCUT2D eigenvalue weighted by atomic mass is 16.7. The Kier molecular flexibility index (Phi) is 4.01. The number of hydrogen-bond donors (Lipinski definition) is 0. The first-order valence-electron chi connectivity index (χ1n) is 8.00. The molecule has 0 radical (unpaired) electrons. The van der Waals surface area contributed by atoms with E-state index in [1.807, 2.05) is 28.0 Å². The second kappa shape index (κ2) is 6.46. The van der Waals surface area contributed by atoms with Gasteiger partial charge in [0, 0.05) is 25.7 Å². The van der Waals surface area contributed by atoms with Crippen LogP contribution >= 0.6 is 0 Å². The Hall–Kier alpha value is -3.03. The van der Waals surface area contributed by atoms with Crippen LogP contribution in [0.4, 0.5) is 5.82 Å². The SMILES string of the molecule is COc1cc(N2CCN(Cc3ccc4c(c3)OCO4)C(=O)C2)ncn1. The van der Waals surface area contributed by atoms with Gasteiger partial charge in [0.05, 0.1) is 13.7 Å². The maximum Gasteiger partial charge on any atom is 0.242 e. The summed E-state index contributed by atoms with van der Waals surface area (Å²) in [4.78, 5) is 24.5. The van der Waals surface area contributed by atoms with E-state index in [-0.39, 0.29) is 19.2 Å². The summed E-state index contributed by atoms with van der Waals surface area (Å²) >= 11 is 0. The molecule has 0 aliphatic carbocycles. The fourth-order valence-electron chi connectivity index (χ4n) is 2.95. The van der Waals surface area contributed by atoms with Gasteiger partial charge in [0.1, 0.15) is 12.1 Å². The maximum atomic E-state index is 12.5. The van der Waals surface area contributed by atoms with Crippen LogP contribution in [0.15, 0.2) is 30.6 Å². The Morgan fingerprint density at radius 1 is 1.16 bits per heavy atom. The van der Waals surface area contributed by atoms with E-state index in [0.29, 0.717) is 31.3 Å². The third-order valence-corrected chi connectivity index (χ3v) is 4.29. The maximum absolute atomic E-state index is 12.5. The number of benzene rings is 1. The van der Waals surface area contributed by atoms with Gasteiger partial charge in [-0.25, -0.2) is 9.97 Å². The number of carbonyl (C=O) groups is 1. The summed E-state index contributed by atoms with van der Waals surface area (Å²) in [6, 6.07) is 7.51. The molecule has 2 aliphatic heterocycles. The molecule has 0 bridgehead atoms. The zero-order chi connectivity index (χ0) is 17.2. The van der Waals surface area contributed by atoms with Gasteiger partial charge >= 0.3 is 0 Å². The number of rotatable bonds is 4. The van der Waals surface area contributed by atoms with E-state index >= 15 is 0 Å². The molecule has 1 amide bonds. The molecule has 4 rings (SSSR count). The van der Waals surface area contributed by atoms with Gasteiger partial charge in [-0.3, -0.25) is 4.79 Å². The summed E-state index contributed by atoms with van der Waals surface area (Å²) in [7, 11) is 1.56. The lowest BCUT2D eigenvalue weighted by molar-refractivity contribution is -0.131. The van der Waals surface area contributed by atoms with Crippen LogP contribution in [0.5, 0.6) is 17.4 Å². The van der Waals surface area contributed by atoms with Gasteiger partial charge in [-0.15, -0.1) is 0 Å². The van der Waals surface area contributed by atoms with Crippen molar-refractivity contribution in [3.8, 4) is 17.4 Å². The van der Waals surface area contributed by atoms with Crippen LogP contribution in [0.2, 0.25) is 0 Å². The molecule has 130 valence electrons. The minimum atomic E-state index is 0.0569. The average Bonchev–Trinajstić information content (AvgIpc) is 3.11. The predicted molar refractivity (Wildman–Crippen MR) is 88.8 cm³/mol. The summed E-state index contributed by atoms with van der Waals surface area (Å²) in [5.41, 5.74) is 1.02. The molecule has 1 aromatic heterocycles. The van der Waals surface area contributed by atoms with Gasteiger partial charge in [-0.1, -0.05) is 6.07 Å². The van der Waals surface area contributed by atoms with Gasteiger partial charge in [0.15, 0.2) is 11.5 Å². The molecule has 2 aliphatic rings. The Bertz CT molecular complexity index is 798. The molecule has 1 aromatic carbocycles. The Morgan fingerprint density at radius 3 is 2.88 bits per heavy atom. The molecule has 25 heavy (non-hydrogen) atoms. The van der Waals surface area contributed by atoms with E-state index in [2.05, 4.69) is 9.97 Å². The third-order valence-electron chi connectivity index (χ3n) is 4.29. The van der Waals surface area contributed by atoms with E-state index < -0.39 is 0 Å². The van der Waals surface area contributed by atoms with E-state index in [0.717, 1.165) is 17.1 Å². The molecule has 0 saturated carbocycles. The van der Waals surface area contributed by atoms with Crippen molar-refractivity contribution in [2.45, 2.75) is 6.54 Å². The highest BCUT2D eigenvalue weighted by Gasteiger charge is 2.25. The number of hydrogen-bond acceptors (Lipinski definition) is 7. The van der Waals surface area contributed by atoms with Crippen LogP contribution in [0.25, 0.3) is 0 Å². The monoisotopic (exact) mass is 342 g/mol. The van der Waals surface area contributed by atoms with Gasteiger partial charge in [0.2, 0.25) is 18.6 Å². The molecule has 0 unspecified atom stereocenters. The summed E-state index contributed by atoms with van der Waals surface area (Å²) in [6.45, 7) is 2.41. The van der Waals surface area contributed by atoms with Crippen molar-refractivity contribution in [1.29, 1.82) is 0 Å². The summed E-state index contributed by atoms with van der Waals surface area (Å²) in [5.74, 6) is 2.72. The van der Waals surface area contributed by atoms with Crippen molar-refractivity contribution in [1.82, 2.24) is 14.9 Å². The number of methoxy groups -OCH3 is 1. The highest BCUT2D eigenvalue weighted by Crippen LogP contribution is 2.33. The van der Waals surface area contributed by atoms with Crippen LogP contribution in [-0.4, -0.2) is 54.3 Å². The zero-order valence-electron chi connectivity index (χ0n) is 13.8.